The number of hydrogen-bond donors (Lipinski definition) is 0. The van der Waals surface area contributed by atoms with Gasteiger partial charge in [-0.3, -0.25) is 0 Å². The van der Waals surface area contributed by atoms with E-state index in [1.807, 2.05) is 0 Å². The first-order valence-electron chi connectivity index (χ1n) is 20.8. The second-order valence-electron chi connectivity index (χ2n) is 15.7. The predicted octanol–water partition coefficient (Wildman–Crippen LogP) is 16.7. The molecule has 374 valence electrons. The molecule has 7 aromatic rings. The van der Waals surface area contributed by atoms with Crippen molar-refractivity contribution in [3.05, 3.63) is 223 Å². The highest BCUT2D eigenvalue weighted by Gasteiger charge is 2.35. The van der Waals surface area contributed by atoms with Crippen molar-refractivity contribution in [3.63, 3.8) is 0 Å². The maximum absolute atomic E-state index is 14.1. The van der Waals surface area contributed by atoms with Gasteiger partial charge in [-0.1, -0.05) is 71.6 Å². The fourth-order valence-electron chi connectivity index (χ4n) is 6.99. The van der Waals surface area contributed by atoms with E-state index in [0.717, 1.165) is 72.8 Å². The molecule has 0 fully saturated rings. The number of benzene rings is 7. The summed E-state index contributed by atoms with van der Waals surface area (Å²) in [6.45, 7) is 0. The molecule has 0 aliphatic rings. The smallest absolute Gasteiger partial charge is 0.166 e. The monoisotopic (exact) mass is 1040 g/mol. The molecule has 7 aromatic carbocycles. The molecule has 74 heavy (non-hydrogen) atoms. The molecule has 0 atom stereocenters. The van der Waals surface area contributed by atoms with Gasteiger partial charge in [0.2, 0.25) is 0 Å². The van der Waals surface area contributed by atoms with Crippen LogP contribution in [-0.4, -0.2) is 0 Å². The molecule has 0 aliphatic carbocycles. The quantitative estimate of drug-likeness (QED) is 0.120. The Hall–Kier alpha value is -8.48. The molecule has 0 aliphatic heterocycles. The standard InChI is InChI=1S/C56H24F18/c57-51(58,59)39-17-1-33(2-18-39)9-29-45-46(30-10-34-3-19-40(20-4-34)52(60,61)62)48(32-12-36-7-23-42(24-8-36)54(66,67)68)50(38-15-27-44(28-16-38)56(72,73)74)49(37-13-25-43(26-14-37)55(69,70)71)47(45)31-11-35-5-21-41(22-6-35)53(63,64)65/h1-8,13-28H. The second kappa shape index (κ2) is 20.2. The Morgan fingerprint density at radius 3 is 0.527 bits per heavy atom. The molecule has 0 bridgehead atoms. The van der Waals surface area contributed by atoms with Crippen molar-refractivity contribution < 1.29 is 79.0 Å². The summed E-state index contributed by atoms with van der Waals surface area (Å²) in [6, 6.07) is 19.2. The van der Waals surface area contributed by atoms with Crippen LogP contribution in [0.3, 0.4) is 0 Å². The summed E-state index contributed by atoms with van der Waals surface area (Å²) in [6.07, 6.45) is -29.1. The first kappa shape index (κ1) is 53.3. The van der Waals surface area contributed by atoms with E-state index in [-0.39, 0.29) is 66.8 Å². The van der Waals surface area contributed by atoms with Crippen molar-refractivity contribution in [1.82, 2.24) is 0 Å². The lowest BCUT2D eigenvalue weighted by molar-refractivity contribution is -0.138. The van der Waals surface area contributed by atoms with Gasteiger partial charge in [0.05, 0.1) is 55.6 Å². The van der Waals surface area contributed by atoms with Gasteiger partial charge in [-0.15, -0.1) is 0 Å². The molecule has 0 saturated heterocycles. The third-order valence-electron chi connectivity index (χ3n) is 10.7. The van der Waals surface area contributed by atoms with Crippen LogP contribution in [0.2, 0.25) is 0 Å². The van der Waals surface area contributed by atoms with E-state index < -0.39 is 70.4 Å². The van der Waals surface area contributed by atoms with Gasteiger partial charge >= 0.3 is 37.1 Å². The van der Waals surface area contributed by atoms with Crippen molar-refractivity contribution in [3.8, 4) is 69.6 Å². The molecule has 0 unspecified atom stereocenters. The SMILES string of the molecule is FC(F)(F)c1ccc(C#Cc2c(C#Cc3ccc(C(F)(F)F)cc3)c(C#Cc3ccc(C(F)(F)F)cc3)c(-c3ccc(C(F)(F)F)cc3)c(-c3ccc(C(F)(F)F)cc3)c2C#Cc2ccc(C(F)(F)F)cc2)cc1. The number of alkyl halides is 18. The van der Waals surface area contributed by atoms with Crippen LogP contribution in [0.25, 0.3) is 22.3 Å². The summed E-state index contributed by atoms with van der Waals surface area (Å²) in [5, 5.41) is 0. The topological polar surface area (TPSA) is 0 Å². The van der Waals surface area contributed by atoms with Crippen LogP contribution in [0.5, 0.6) is 0 Å². The lowest BCUT2D eigenvalue weighted by Crippen LogP contribution is -2.07. The zero-order valence-corrected chi connectivity index (χ0v) is 36.7. The van der Waals surface area contributed by atoms with E-state index in [1.165, 1.54) is 0 Å². The number of hydrogen-bond acceptors (Lipinski definition) is 0. The number of halogens is 18. The van der Waals surface area contributed by atoms with E-state index in [0.29, 0.717) is 72.8 Å². The molecule has 0 N–H and O–H groups in total. The minimum absolute atomic E-state index is 0.124. The Labute approximate surface area is 408 Å². The van der Waals surface area contributed by atoms with E-state index in [1.54, 1.807) is 0 Å². The third kappa shape index (κ3) is 12.8. The second-order valence-corrected chi connectivity index (χ2v) is 15.7. The highest BCUT2D eigenvalue weighted by Crippen LogP contribution is 2.44. The Balaban J connectivity index is 1.70. The average Bonchev–Trinajstić information content (AvgIpc) is 3.32. The van der Waals surface area contributed by atoms with Gasteiger partial charge in [0.15, 0.2) is 0 Å². The molecule has 0 nitrogen and oxygen atoms in total. The molecular weight excluding hydrogens is 1010 g/mol. The average molecular weight is 1040 g/mol. The molecule has 18 heteroatoms. The Morgan fingerprint density at radius 1 is 0.189 bits per heavy atom. The lowest BCUT2D eigenvalue weighted by atomic mass is 9.80. The molecule has 0 amide bonds. The van der Waals surface area contributed by atoms with Gasteiger partial charge < -0.3 is 0 Å². The highest BCUT2D eigenvalue weighted by molar-refractivity contribution is 5.96. The van der Waals surface area contributed by atoms with Gasteiger partial charge in [-0.05, 0) is 132 Å². The molecule has 7 rings (SSSR count). The van der Waals surface area contributed by atoms with Crippen molar-refractivity contribution in [2.75, 3.05) is 0 Å². The Morgan fingerprint density at radius 2 is 0.351 bits per heavy atom. The third-order valence-corrected chi connectivity index (χ3v) is 10.7. The van der Waals surface area contributed by atoms with Crippen molar-refractivity contribution >= 4 is 0 Å². The summed E-state index contributed by atoms with van der Waals surface area (Å²) in [5.74, 6) is 21.6. The van der Waals surface area contributed by atoms with Crippen LogP contribution in [0.15, 0.2) is 146 Å². The van der Waals surface area contributed by atoms with Gasteiger partial charge in [-0.25, -0.2) is 0 Å². The van der Waals surface area contributed by atoms with Gasteiger partial charge in [0, 0.05) is 33.4 Å². The maximum Gasteiger partial charge on any atom is 0.416 e. The van der Waals surface area contributed by atoms with Crippen LogP contribution in [0.1, 0.15) is 77.9 Å². The zero-order valence-electron chi connectivity index (χ0n) is 36.7. The summed E-state index contributed by atoms with van der Waals surface area (Å²) in [5.41, 5.74) is -9.71. The van der Waals surface area contributed by atoms with Crippen LogP contribution < -0.4 is 0 Å². The minimum atomic E-state index is -4.94. The predicted molar refractivity (Wildman–Crippen MR) is 237 cm³/mol. The molecular formula is C56H24F18. The molecule has 0 aromatic heterocycles. The molecule has 0 radical (unpaired) electrons. The first-order chi connectivity index (χ1) is 34.5. The fraction of sp³-hybridized carbons (Fsp3) is 0.107. The van der Waals surface area contributed by atoms with E-state index in [2.05, 4.69) is 47.4 Å². The van der Waals surface area contributed by atoms with Crippen LogP contribution in [0.4, 0.5) is 79.0 Å². The minimum Gasteiger partial charge on any atom is -0.166 e. The summed E-state index contributed by atoms with van der Waals surface area (Å²) >= 11 is 0. The first-order valence-corrected chi connectivity index (χ1v) is 20.8. The fourth-order valence-corrected chi connectivity index (χ4v) is 6.99. The normalized spacial score (nSPS) is 12.0. The van der Waals surface area contributed by atoms with Gasteiger partial charge in [0.25, 0.3) is 0 Å². The van der Waals surface area contributed by atoms with Crippen molar-refractivity contribution in [1.29, 1.82) is 0 Å². The molecule has 0 saturated carbocycles. The van der Waals surface area contributed by atoms with Crippen LogP contribution in [0, 0.1) is 47.4 Å². The number of rotatable bonds is 2. The zero-order chi connectivity index (χ0) is 54.0. The Bertz CT molecular complexity index is 3210. The largest absolute Gasteiger partial charge is 0.416 e. The highest BCUT2D eigenvalue weighted by atomic mass is 19.4. The van der Waals surface area contributed by atoms with E-state index in [9.17, 15) is 79.0 Å². The Kier molecular flexibility index (Phi) is 14.6. The van der Waals surface area contributed by atoms with Gasteiger partial charge in [-0.2, -0.15) is 79.0 Å². The van der Waals surface area contributed by atoms with E-state index in [4.69, 9.17) is 0 Å². The molecule has 0 spiro atoms. The summed E-state index contributed by atoms with van der Waals surface area (Å²) < 4.78 is 248. The maximum atomic E-state index is 14.1. The summed E-state index contributed by atoms with van der Waals surface area (Å²) in [4.78, 5) is 0. The van der Waals surface area contributed by atoms with Crippen LogP contribution >= 0.6 is 0 Å². The van der Waals surface area contributed by atoms with Gasteiger partial charge in [0.1, 0.15) is 0 Å². The lowest BCUT2D eigenvalue weighted by Gasteiger charge is -2.20. The van der Waals surface area contributed by atoms with Crippen molar-refractivity contribution in [2.45, 2.75) is 37.1 Å². The van der Waals surface area contributed by atoms with Crippen molar-refractivity contribution in [2.24, 2.45) is 0 Å². The summed E-state index contributed by atoms with van der Waals surface area (Å²) in [7, 11) is 0. The molecule has 0 heterocycles. The van der Waals surface area contributed by atoms with E-state index >= 15 is 0 Å². The van der Waals surface area contributed by atoms with Crippen LogP contribution in [-0.2, 0) is 37.1 Å².